The number of amides is 1. The largest absolute Gasteiger partial charge is 0.350 e. The molecule has 0 saturated carbocycles. The fourth-order valence-electron chi connectivity index (χ4n) is 2.67. The second-order valence-corrected chi connectivity index (χ2v) is 5.09. The van der Waals surface area contributed by atoms with Crippen LogP contribution in [-0.4, -0.2) is 15.9 Å². The van der Waals surface area contributed by atoms with Crippen molar-refractivity contribution >= 4 is 33.4 Å². The number of carbonyl (C=O) groups excluding carboxylic acids is 1. The molecule has 2 aromatic rings. The van der Waals surface area contributed by atoms with Crippen molar-refractivity contribution in [2.75, 3.05) is 0 Å². The van der Waals surface area contributed by atoms with Crippen molar-refractivity contribution < 1.29 is 4.79 Å². The molecule has 0 fully saturated rings. The van der Waals surface area contributed by atoms with Crippen molar-refractivity contribution in [3.05, 3.63) is 48.5 Å². The summed E-state index contributed by atoms with van der Waals surface area (Å²) in [5.41, 5.74) is 4.10. The Morgan fingerprint density at radius 1 is 1.05 bits per heavy atom. The van der Waals surface area contributed by atoms with Gasteiger partial charge in [0, 0.05) is 17.7 Å². The van der Waals surface area contributed by atoms with Crippen LogP contribution < -0.4 is 0 Å². The van der Waals surface area contributed by atoms with Gasteiger partial charge in [-0.05, 0) is 12.1 Å². The van der Waals surface area contributed by atoms with Gasteiger partial charge in [0.2, 0.25) is 0 Å². The molecule has 106 valence electrons. The lowest BCUT2D eigenvalue weighted by atomic mass is 10.2. The molecule has 0 atom stereocenters. The van der Waals surface area contributed by atoms with Crippen LogP contribution in [0.25, 0.3) is 33.2 Å². The van der Waals surface area contributed by atoms with Crippen LogP contribution in [0.4, 0.5) is 5.69 Å². The number of nitrogens with one attached hydrogen (secondary N) is 1. The Hall–Kier alpha value is -3.08. The van der Waals surface area contributed by atoms with Crippen LogP contribution in [0.3, 0.4) is 0 Å². The number of aromatic nitrogens is 2. The Morgan fingerprint density at radius 2 is 1.77 bits per heavy atom. The zero-order valence-corrected chi connectivity index (χ0v) is 11.9. The van der Waals surface area contributed by atoms with Gasteiger partial charge >= 0.3 is 0 Å². The molecule has 0 saturated heterocycles. The number of rotatable bonds is 1. The molecule has 1 aliphatic heterocycles. The number of benzene rings is 2. The Bertz CT molecular complexity index is 1020. The highest BCUT2D eigenvalue weighted by Gasteiger charge is 2.20. The van der Waals surface area contributed by atoms with Crippen LogP contribution in [0.5, 0.6) is 0 Å². The van der Waals surface area contributed by atoms with Crippen molar-refractivity contribution in [2.24, 2.45) is 10.2 Å². The molecule has 1 heterocycles. The third-order valence-electron chi connectivity index (χ3n) is 3.60. The van der Waals surface area contributed by atoms with Crippen LogP contribution in [0.15, 0.2) is 58.8 Å². The lowest BCUT2D eigenvalue weighted by Crippen LogP contribution is -1.89. The van der Waals surface area contributed by atoms with Gasteiger partial charge in [0.1, 0.15) is 5.69 Å². The highest BCUT2D eigenvalue weighted by molar-refractivity contribution is 6.11. The van der Waals surface area contributed by atoms with Crippen LogP contribution in [0.2, 0.25) is 0 Å². The van der Waals surface area contributed by atoms with E-state index in [1.54, 1.807) is 0 Å². The van der Waals surface area contributed by atoms with Gasteiger partial charge in [0.25, 0.3) is 5.91 Å². The van der Waals surface area contributed by atoms with Crippen LogP contribution in [0, 0.1) is 0 Å². The fraction of sp³-hybridized carbons (Fsp3) is 0.0588. The average molecular weight is 288 g/mol. The summed E-state index contributed by atoms with van der Waals surface area (Å²) in [5, 5.41) is 9.75. The molecule has 4 rings (SSSR count). The van der Waals surface area contributed by atoms with E-state index in [0.717, 1.165) is 33.2 Å². The molecule has 5 nitrogen and oxygen atoms in total. The quantitative estimate of drug-likeness (QED) is 0.525. The average Bonchev–Trinajstić information content (AvgIpc) is 2.84. The molecule has 22 heavy (non-hydrogen) atoms. The number of carbonyl (C=O) groups is 1. The molecule has 0 unspecified atom stereocenters. The van der Waals surface area contributed by atoms with Crippen molar-refractivity contribution in [3.63, 3.8) is 0 Å². The summed E-state index contributed by atoms with van der Waals surface area (Å²) in [6.07, 6.45) is 0. The minimum atomic E-state index is -0.327. The Labute approximate surface area is 126 Å². The molecule has 1 amide bonds. The minimum Gasteiger partial charge on any atom is -0.350 e. The summed E-state index contributed by atoms with van der Waals surface area (Å²) in [6.45, 7) is 1.38. The van der Waals surface area contributed by atoms with Crippen LogP contribution in [0.1, 0.15) is 6.92 Å². The second-order valence-electron chi connectivity index (χ2n) is 5.09. The van der Waals surface area contributed by atoms with Crippen molar-refractivity contribution in [1.29, 1.82) is 0 Å². The number of fused-ring (bicyclic) bond motifs is 4. The number of H-pyrrole nitrogens is 1. The summed E-state index contributed by atoms with van der Waals surface area (Å²) >= 11 is 0. The minimum absolute atomic E-state index is 0.327. The smallest absolute Gasteiger partial charge is 0.261 e. The summed E-state index contributed by atoms with van der Waals surface area (Å²) in [5.74, 6) is -0.327. The zero-order valence-electron chi connectivity index (χ0n) is 11.9. The molecule has 2 aromatic carbocycles. The van der Waals surface area contributed by atoms with Gasteiger partial charge in [-0.1, -0.05) is 36.4 Å². The lowest BCUT2D eigenvalue weighted by Gasteiger charge is -2.04. The standard InChI is InChI=1S/C17H12N4O/c1-10(22)20-21-16-12-7-3-2-6-11(12)15-17(16)19-14-9-5-4-8-13(14)18-15/h2-9,19H,1H3. The van der Waals surface area contributed by atoms with Gasteiger partial charge < -0.3 is 4.98 Å². The Balaban J connectivity index is 2.15. The molecule has 0 bridgehead atoms. The molecule has 2 aliphatic rings. The molecule has 0 radical (unpaired) electrons. The van der Waals surface area contributed by atoms with E-state index in [0.29, 0.717) is 5.69 Å². The van der Waals surface area contributed by atoms with Crippen LogP contribution in [-0.2, 0) is 4.79 Å². The van der Waals surface area contributed by atoms with Gasteiger partial charge in [-0.2, -0.15) is 0 Å². The molecular weight excluding hydrogens is 276 g/mol. The van der Waals surface area contributed by atoms with Crippen molar-refractivity contribution in [3.8, 4) is 11.4 Å². The molecule has 0 spiro atoms. The SMILES string of the molecule is CC(=O)N=Nc1c2[nH]c3ccccc3nc-2c2ccccc12. The van der Waals surface area contributed by atoms with E-state index >= 15 is 0 Å². The monoisotopic (exact) mass is 288 g/mol. The fourth-order valence-corrected chi connectivity index (χ4v) is 2.67. The molecule has 5 heteroatoms. The van der Waals surface area contributed by atoms with E-state index < -0.39 is 0 Å². The molecule has 0 aromatic heterocycles. The van der Waals surface area contributed by atoms with Crippen molar-refractivity contribution in [2.45, 2.75) is 6.92 Å². The third-order valence-corrected chi connectivity index (χ3v) is 3.60. The van der Waals surface area contributed by atoms with E-state index in [4.69, 9.17) is 4.98 Å². The van der Waals surface area contributed by atoms with E-state index in [1.807, 2.05) is 48.5 Å². The third kappa shape index (κ3) is 1.87. The number of hydrogen-bond donors (Lipinski definition) is 1. The van der Waals surface area contributed by atoms with E-state index in [2.05, 4.69) is 15.2 Å². The van der Waals surface area contributed by atoms with E-state index in [9.17, 15) is 4.79 Å². The second kappa shape index (κ2) is 4.73. The summed E-state index contributed by atoms with van der Waals surface area (Å²) < 4.78 is 0. The maximum Gasteiger partial charge on any atom is 0.261 e. The highest BCUT2D eigenvalue weighted by Crippen LogP contribution is 2.43. The predicted octanol–water partition coefficient (Wildman–Crippen LogP) is 4.45. The first-order valence-electron chi connectivity index (χ1n) is 6.95. The van der Waals surface area contributed by atoms with Gasteiger partial charge in [0.15, 0.2) is 0 Å². The number of hydrogen-bond acceptors (Lipinski definition) is 3. The Morgan fingerprint density at radius 3 is 2.59 bits per heavy atom. The van der Waals surface area contributed by atoms with Gasteiger partial charge in [-0.3, -0.25) is 4.79 Å². The predicted molar refractivity (Wildman–Crippen MR) is 85.4 cm³/mol. The van der Waals surface area contributed by atoms with E-state index in [1.165, 1.54) is 6.92 Å². The van der Waals surface area contributed by atoms with Crippen LogP contribution >= 0.6 is 0 Å². The highest BCUT2D eigenvalue weighted by atomic mass is 16.1. The molecular formula is C17H12N4O. The first kappa shape index (κ1) is 12.6. The Kier molecular flexibility index (Phi) is 2.72. The number of aromatic amines is 1. The first-order valence-corrected chi connectivity index (χ1v) is 6.95. The lowest BCUT2D eigenvalue weighted by molar-refractivity contribution is -0.116. The summed E-state index contributed by atoms with van der Waals surface area (Å²) in [7, 11) is 0. The van der Waals surface area contributed by atoms with Gasteiger partial charge in [0.05, 0.1) is 22.4 Å². The molecule has 1 aliphatic carbocycles. The van der Waals surface area contributed by atoms with Gasteiger partial charge in [-0.15, -0.1) is 10.2 Å². The summed E-state index contributed by atoms with van der Waals surface area (Å²) in [4.78, 5) is 19.2. The maximum absolute atomic E-state index is 11.1. The van der Waals surface area contributed by atoms with Gasteiger partial charge in [-0.25, -0.2) is 4.98 Å². The normalized spacial score (nSPS) is 11.9. The topological polar surface area (TPSA) is 70.5 Å². The zero-order chi connectivity index (χ0) is 15.1. The molecule has 1 N–H and O–H groups in total. The number of azo groups is 1. The van der Waals surface area contributed by atoms with E-state index in [-0.39, 0.29) is 5.91 Å². The van der Waals surface area contributed by atoms with Crippen molar-refractivity contribution in [1.82, 2.24) is 9.97 Å². The summed E-state index contributed by atoms with van der Waals surface area (Å²) in [6, 6.07) is 15.7. The number of para-hydroxylation sites is 2. The maximum atomic E-state index is 11.1. The first-order chi connectivity index (χ1) is 10.7. The number of nitrogens with zero attached hydrogens (tertiary/aromatic N) is 3.